The summed E-state index contributed by atoms with van der Waals surface area (Å²) >= 11 is 0. The van der Waals surface area contributed by atoms with Crippen molar-refractivity contribution in [2.24, 2.45) is 27.9 Å². The van der Waals surface area contributed by atoms with Crippen LogP contribution in [0.1, 0.15) is 19.3 Å². The Balaban J connectivity index is 1.86. The Kier molecular flexibility index (Phi) is 14.5. The van der Waals surface area contributed by atoms with Gasteiger partial charge >= 0.3 is 0 Å². The molecule has 2 heterocycles. The predicted octanol–water partition coefficient (Wildman–Crippen LogP) is -8.17. The summed E-state index contributed by atoms with van der Waals surface area (Å²) in [5.74, 6) is -0.580. The molecule has 19 nitrogen and oxygen atoms in total. The number of hydrogen-bond donors (Lipinski definition) is 14. The van der Waals surface area contributed by atoms with E-state index < -0.39 is 111 Å². The first kappa shape index (κ1) is 37.2. The molecule has 44 heavy (non-hydrogen) atoms. The van der Waals surface area contributed by atoms with Crippen LogP contribution in [0, 0.1) is 0 Å². The van der Waals surface area contributed by atoms with Crippen molar-refractivity contribution in [2.75, 3.05) is 32.9 Å². The van der Waals surface area contributed by atoms with E-state index in [9.17, 15) is 35.7 Å². The SMILES string of the molecule is NC(=N[C@@H]1C[C@H](N)C(O[C@H]2O[C@H](CNCCO)CCC2N)C(O)C1O[C@H]1OC(CO)C(O)[C@H](N)C1O)C(O)C(O)C(O)CO. The van der Waals surface area contributed by atoms with E-state index in [1.807, 2.05) is 0 Å². The first-order chi connectivity index (χ1) is 20.8. The fourth-order valence-electron chi connectivity index (χ4n) is 5.49. The summed E-state index contributed by atoms with van der Waals surface area (Å²) in [6, 6.07) is -3.96. The van der Waals surface area contributed by atoms with Crippen molar-refractivity contribution in [1.82, 2.24) is 5.32 Å². The summed E-state index contributed by atoms with van der Waals surface area (Å²) in [4.78, 5) is 4.19. The second-order valence-electron chi connectivity index (χ2n) is 11.5. The molecule has 0 aromatic heterocycles. The maximum absolute atomic E-state index is 11.5. The van der Waals surface area contributed by atoms with Crippen LogP contribution >= 0.6 is 0 Å². The molecule has 0 radical (unpaired) electrons. The summed E-state index contributed by atoms with van der Waals surface area (Å²) in [6.07, 6.45) is -15.9. The molecule has 19 heteroatoms. The number of nitrogens with two attached hydrogens (primary N) is 4. The molecule has 16 atom stereocenters. The van der Waals surface area contributed by atoms with Gasteiger partial charge in [-0.15, -0.1) is 0 Å². The maximum Gasteiger partial charge on any atom is 0.186 e. The predicted molar refractivity (Wildman–Crippen MR) is 150 cm³/mol. The molecule has 0 spiro atoms. The van der Waals surface area contributed by atoms with Crippen molar-refractivity contribution in [3.63, 3.8) is 0 Å². The van der Waals surface area contributed by atoms with E-state index >= 15 is 0 Å². The molecular formula is C25H50N6O13. The fraction of sp³-hybridized carbons (Fsp3) is 0.960. The molecular weight excluding hydrogens is 592 g/mol. The van der Waals surface area contributed by atoms with Gasteiger partial charge in [0.1, 0.15) is 60.8 Å². The Morgan fingerprint density at radius 3 is 2.20 bits per heavy atom. The molecule has 0 aromatic rings. The number of nitrogens with zero attached hydrogens (tertiary/aromatic N) is 1. The van der Waals surface area contributed by atoms with Gasteiger partial charge < -0.3 is 93.2 Å². The van der Waals surface area contributed by atoms with Crippen molar-refractivity contribution in [1.29, 1.82) is 0 Å². The molecule has 18 N–H and O–H groups in total. The van der Waals surface area contributed by atoms with Crippen molar-refractivity contribution in [2.45, 2.75) is 117 Å². The molecule has 258 valence electrons. The van der Waals surface area contributed by atoms with E-state index in [-0.39, 0.29) is 19.1 Å². The van der Waals surface area contributed by atoms with E-state index in [0.717, 1.165) is 0 Å². The lowest BCUT2D eigenvalue weighted by molar-refractivity contribution is -0.312. The maximum atomic E-state index is 11.5. The molecule has 3 aliphatic rings. The highest BCUT2D eigenvalue weighted by atomic mass is 16.7. The summed E-state index contributed by atoms with van der Waals surface area (Å²) in [5.41, 5.74) is 24.5. The van der Waals surface area contributed by atoms with Crippen LogP contribution < -0.4 is 28.3 Å². The van der Waals surface area contributed by atoms with Crippen molar-refractivity contribution in [3.05, 3.63) is 0 Å². The van der Waals surface area contributed by atoms with E-state index in [1.165, 1.54) is 0 Å². The number of aliphatic hydroxyl groups is 9. The smallest absolute Gasteiger partial charge is 0.186 e. The zero-order chi connectivity index (χ0) is 32.7. The van der Waals surface area contributed by atoms with Gasteiger partial charge in [0.15, 0.2) is 12.6 Å². The van der Waals surface area contributed by atoms with Crippen LogP contribution in [0.4, 0.5) is 0 Å². The molecule has 3 rings (SSSR count). The zero-order valence-electron chi connectivity index (χ0n) is 24.3. The van der Waals surface area contributed by atoms with Crippen molar-refractivity contribution < 1.29 is 64.9 Å². The van der Waals surface area contributed by atoms with Crippen LogP contribution in [0.25, 0.3) is 0 Å². The van der Waals surface area contributed by atoms with E-state index in [0.29, 0.717) is 25.9 Å². The summed E-state index contributed by atoms with van der Waals surface area (Å²) < 4.78 is 23.6. The van der Waals surface area contributed by atoms with Crippen LogP contribution in [-0.4, -0.2) is 182 Å². The lowest BCUT2D eigenvalue weighted by Gasteiger charge is -2.47. The standard InChI is InChI=1S/C25H50N6O13/c26-10-2-1-9(6-30-3-4-32)41-24(10)43-21-11(27)5-12(31-23(29)19(39)16(36)13(35)7-33)22(20(21)40)44-25-18(38)15(28)17(37)14(8-34)42-25/h9-22,24-25,30,32-40H,1-8,26-28H2,(H2,29,31)/t9-,10?,11-,12+,13?,14?,15-,16?,17?,18?,19?,20?,21?,22?,24+,25+/m0/s1. The molecule has 2 saturated heterocycles. The van der Waals surface area contributed by atoms with E-state index in [4.69, 9.17) is 52.1 Å². The lowest BCUT2D eigenvalue weighted by Crippen LogP contribution is -2.66. The first-order valence-electron chi connectivity index (χ1n) is 14.7. The molecule has 1 saturated carbocycles. The highest BCUT2D eigenvalue weighted by molar-refractivity contribution is 5.85. The Labute approximate surface area is 254 Å². The zero-order valence-corrected chi connectivity index (χ0v) is 24.3. The van der Waals surface area contributed by atoms with Crippen molar-refractivity contribution in [3.8, 4) is 0 Å². The minimum Gasteiger partial charge on any atom is -0.395 e. The highest BCUT2D eigenvalue weighted by Gasteiger charge is 2.51. The van der Waals surface area contributed by atoms with Gasteiger partial charge in [0.2, 0.25) is 0 Å². The second kappa shape index (κ2) is 17.1. The normalized spacial score (nSPS) is 42.5. The van der Waals surface area contributed by atoms with Crippen LogP contribution in [0.3, 0.4) is 0 Å². The number of amidine groups is 1. The molecule has 0 aromatic carbocycles. The van der Waals surface area contributed by atoms with Gasteiger partial charge in [-0.3, -0.25) is 4.99 Å². The largest absolute Gasteiger partial charge is 0.395 e. The average Bonchev–Trinajstić information content (AvgIpc) is 3.01. The summed E-state index contributed by atoms with van der Waals surface area (Å²) in [7, 11) is 0. The van der Waals surface area contributed by atoms with Gasteiger partial charge in [-0.2, -0.15) is 0 Å². The third-order valence-electron chi connectivity index (χ3n) is 8.19. The first-order valence-corrected chi connectivity index (χ1v) is 14.7. The molecule has 3 fully saturated rings. The number of nitrogens with one attached hydrogen (secondary N) is 1. The quantitative estimate of drug-likeness (QED) is 0.0475. The lowest BCUT2D eigenvalue weighted by atomic mass is 9.83. The van der Waals surface area contributed by atoms with Gasteiger partial charge in [-0.1, -0.05) is 0 Å². The number of rotatable bonds is 14. The van der Waals surface area contributed by atoms with Crippen LogP contribution in [0.5, 0.6) is 0 Å². The van der Waals surface area contributed by atoms with Gasteiger partial charge in [0, 0.05) is 19.1 Å². The number of ether oxygens (including phenoxy) is 4. The topological polar surface area (TPSA) is 347 Å². The van der Waals surface area contributed by atoms with E-state index in [1.54, 1.807) is 0 Å². The minimum absolute atomic E-state index is 0.0504. The fourth-order valence-corrected chi connectivity index (χ4v) is 5.49. The molecule has 2 aliphatic heterocycles. The van der Waals surface area contributed by atoms with E-state index in [2.05, 4.69) is 10.3 Å². The average molecular weight is 643 g/mol. The third kappa shape index (κ3) is 8.98. The Hall–Kier alpha value is -1.21. The molecule has 0 bridgehead atoms. The van der Waals surface area contributed by atoms with Crippen molar-refractivity contribution >= 4 is 5.84 Å². The second-order valence-corrected chi connectivity index (χ2v) is 11.5. The number of aliphatic hydroxyl groups excluding tert-OH is 9. The van der Waals surface area contributed by atoms with Crippen LogP contribution in [-0.2, 0) is 18.9 Å². The summed E-state index contributed by atoms with van der Waals surface area (Å²) in [5, 5.41) is 93.5. The van der Waals surface area contributed by atoms with Gasteiger partial charge in [0.25, 0.3) is 0 Å². The minimum atomic E-state index is -1.93. The van der Waals surface area contributed by atoms with Crippen LogP contribution in [0.2, 0.25) is 0 Å². The van der Waals surface area contributed by atoms with Gasteiger partial charge in [0.05, 0.1) is 44.1 Å². The molecule has 10 unspecified atom stereocenters. The van der Waals surface area contributed by atoms with Gasteiger partial charge in [-0.25, -0.2) is 0 Å². The number of aliphatic imine (C=N–C) groups is 1. The van der Waals surface area contributed by atoms with Crippen LogP contribution in [0.15, 0.2) is 4.99 Å². The molecule has 0 amide bonds. The Bertz CT molecular complexity index is 895. The number of hydrogen-bond acceptors (Lipinski definition) is 18. The Morgan fingerprint density at radius 2 is 1.57 bits per heavy atom. The monoisotopic (exact) mass is 642 g/mol. The summed E-state index contributed by atoms with van der Waals surface area (Å²) in [6.45, 7) is -0.802. The Morgan fingerprint density at radius 1 is 0.886 bits per heavy atom. The van der Waals surface area contributed by atoms with Gasteiger partial charge in [-0.05, 0) is 19.3 Å². The molecule has 1 aliphatic carbocycles. The third-order valence-corrected chi connectivity index (χ3v) is 8.19. The highest BCUT2D eigenvalue weighted by Crippen LogP contribution is 2.33.